The fourth-order valence-electron chi connectivity index (χ4n) is 1.85. The molecule has 84 valence electrons. The predicted molar refractivity (Wildman–Crippen MR) is 56.2 cm³/mol. The quantitative estimate of drug-likeness (QED) is 0.560. The average Bonchev–Trinajstić information content (AvgIpc) is 2.58. The molecule has 1 aliphatic rings. The third-order valence-electron chi connectivity index (χ3n) is 2.69. The topological polar surface area (TPSA) is 52.6 Å². The van der Waals surface area contributed by atoms with E-state index in [4.69, 9.17) is 4.74 Å². The molecule has 0 amide bonds. The molecular formula is C12H12O4. The third kappa shape index (κ3) is 1.78. The van der Waals surface area contributed by atoms with Crippen molar-refractivity contribution < 1.29 is 19.1 Å². The van der Waals surface area contributed by atoms with Gasteiger partial charge in [-0.3, -0.25) is 9.59 Å². The summed E-state index contributed by atoms with van der Waals surface area (Å²) in [6.07, 6.45) is 0.130. The number of methoxy groups -OCH3 is 1. The molecule has 1 heterocycles. The summed E-state index contributed by atoms with van der Waals surface area (Å²) in [4.78, 5) is 22.4. The molecule has 0 spiro atoms. The van der Waals surface area contributed by atoms with E-state index < -0.39 is 17.9 Å². The molecule has 0 radical (unpaired) electrons. The van der Waals surface area contributed by atoms with Crippen LogP contribution in [0.2, 0.25) is 0 Å². The van der Waals surface area contributed by atoms with Crippen LogP contribution < -0.4 is 4.74 Å². The van der Waals surface area contributed by atoms with Crippen LogP contribution in [0.25, 0.3) is 0 Å². The van der Waals surface area contributed by atoms with Crippen molar-refractivity contribution in [3.63, 3.8) is 0 Å². The van der Waals surface area contributed by atoms with Gasteiger partial charge in [0, 0.05) is 0 Å². The molecule has 0 bridgehead atoms. The van der Waals surface area contributed by atoms with Crippen LogP contribution >= 0.6 is 0 Å². The van der Waals surface area contributed by atoms with Crippen LogP contribution in [-0.4, -0.2) is 19.0 Å². The van der Waals surface area contributed by atoms with Gasteiger partial charge in [-0.15, -0.1) is 0 Å². The van der Waals surface area contributed by atoms with Crippen molar-refractivity contribution in [3.05, 3.63) is 29.3 Å². The van der Waals surface area contributed by atoms with Crippen molar-refractivity contribution in [1.29, 1.82) is 0 Å². The number of carbonyl (C=O) groups is 2. The lowest BCUT2D eigenvalue weighted by molar-refractivity contribution is -0.152. The Bertz CT molecular complexity index is 450. The van der Waals surface area contributed by atoms with Crippen molar-refractivity contribution in [2.75, 3.05) is 7.11 Å². The highest BCUT2D eigenvalue weighted by Crippen LogP contribution is 2.30. The highest BCUT2D eigenvalue weighted by Gasteiger charge is 2.34. The van der Waals surface area contributed by atoms with Crippen LogP contribution in [0.5, 0.6) is 5.75 Å². The maximum absolute atomic E-state index is 11.4. The molecule has 1 aromatic carbocycles. The maximum atomic E-state index is 11.4. The molecule has 2 rings (SSSR count). The number of aryl methyl sites for hydroxylation is 1. The van der Waals surface area contributed by atoms with Gasteiger partial charge < -0.3 is 9.47 Å². The van der Waals surface area contributed by atoms with Gasteiger partial charge in [-0.1, -0.05) is 12.1 Å². The molecule has 4 heteroatoms. The van der Waals surface area contributed by atoms with Crippen LogP contribution in [0.3, 0.4) is 0 Å². The molecule has 0 N–H and O–H groups in total. The smallest absolute Gasteiger partial charge is 0.321 e. The minimum atomic E-state index is -0.463. The Labute approximate surface area is 93.2 Å². The molecule has 0 aromatic heterocycles. The Morgan fingerprint density at radius 1 is 1.38 bits per heavy atom. The predicted octanol–water partition coefficient (Wildman–Crippen LogP) is 1.56. The number of ether oxygens (including phenoxy) is 2. The lowest BCUT2D eigenvalue weighted by Gasteiger charge is -2.09. The SMILES string of the molecule is COc1ccc(C2CC(=O)OC2=O)cc1C. The summed E-state index contributed by atoms with van der Waals surface area (Å²) in [5, 5.41) is 0. The first-order chi connectivity index (χ1) is 7.61. The van der Waals surface area contributed by atoms with Gasteiger partial charge in [0.15, 0.2) is 0 Å². The molecule has 0 saturated carbocycles. The monoisotopic (exact) mass is 220 g/mol. The standard InChI is InChI=1S/C12H12O4/c1-7-5-8(3-4-10(7)15-2)9-6-11(13)16-12(9)14/h3-5,9H,6H2,1-2H3. The largest absolute Gasteiger partial charge is 0.496 e. The molecule has 16 heavy (non-hydrogen) atoms. The Morgan fingerprint density at radius 3 is 2.62 bits per heavy atom. The zero-order valence-corrected chi connectivity index (χ0v) is 9.15. The molecule has 1 aromatic rings. The summed E-state index contributed by atoms with van der Waals surface area (Å²) in [5.41, 5.74) is 1.74. The van der Waals surface area contributed by atoms with Crippen LogP contribution in [0, 0.1) is 6.92 Å². The molecule has 1 atom stereocenters. The fourth-order valence-corrected chi connectivity index (χ4v) is 1.85. The Hall–Kier alpha value is -1.84. The first kappa shape index (κ1) is 10.7. The minimum Gasteiger partial charge on any atom is -0.496 e. The molecule has 1 saturated heterocycles. The Morgan fingerprint density at radius 2 is 2.12 bits per heavy atom. The Balaban J connectivity index is 2.31. The van der Waals surface area contributed by atoms with Gasteiger partial charge in [0.05, 0.1) is 19.4 Å². The van der Waals surface area contributed by atoms with Gasteiger partial charge in [-0.25, -0.2) is 0 Å². The van der Waals surface area contributed by atoms with Gasteiger partial charge in [0.2, 0.25) is 0 Å². The van der Waals surface area contributed by atoms with Crippen molar-refractivity contribution in [2.45, 2.75) is 19.3 Å². The zero-order valence-electron chi connectivity index (χ0n) is 9.15. The number of esters is 2. The summed E-state index contributed by atoms with van der Waals surface area (Å²) in [5.74, 6) is -0.614. The highest BCUT2D eigenvalue weighted by molar-refractivity contribution is 5.97. The van der Waals surface area contributed by atoms with E-state index in [9.17, 15) is 9.59 Å². The van der Waals surface area contributed by atoms with E-state index in [0.717, 1.165) is 16.9 Å². The van der Waals surface area contributed by atoms with Crippen LogP contribution in [0.1, 0.15) is 23.5 Å². The number of hydrogen-bond acceptors (Lipinski definition) is 4. The second kappa shape index (κ2) is 3.96. The normalized spacial score (nSPS) is 19.8. The van der Waals surface area contributed by atoms with Crippen LogP contribution in [0.15, 0.2) is 18.2 Å². The summed E-state index contributed by atoms with van der Waals surface area (Å²) in [7, 11) is 1.59. The number of hydrogen-bond donors (Lipinski definition) is 0. The third-order valence-corrected chi connectivity index (χ3v) is 2.69. The van der Waals surface area contributed by atoms with E-state index in [1.54, 1.807) is 19.2 Å². The number of rotatable bonds is 2. The fraction of sp³-hybridized carbons (Fsp3) is 0.333. The van der Waals surface area contributed by atoms with E-state index in [1.165, 1.54) is 0 Å². The minimum absolute atomic E-state index is 0.130. The van der Waals surface area contributed by atoms with E-state index in [0.29, 0.717) is 0 Å². The summed E-state index contributed by atoms with van der Waals surface area (Å²) in [6.45, 7) is 1.89. The number of cyclic esters (lactones) is 2. The van der Waals surface area contributed by atoms with Crippen LogP contribution in [0.4, 0.5) is 0 Å². The summed E-state index contributed by atoms with van der Waals surface area (Å²) in [6, 6.07) is 5.43. The van der Waals surface area contributed by atoms with E-state index in [1.807, 2.05) is 13.0 Å². The summed E-state index contributed by atoms with van der Waals surface area (Å²) < 4.78 is 9.64. The molecule has 4 nitrogen and oxygen atoms in total. The zero-order chi connectivity index (χ0) is 11.7. The van der Waals surface area contributed by atoms with E-state index >= 15 is 0 Å². The van der Waals surface area contributed by atoms with Crippen molar-refractivity contribution in [2.24, 2.45) is 0 Å². The maximum Gasteiger partial charge on any atom is 0.321 e. The molecule has 1 aliphatic heterocycles. The van der Waals surface area contributed by atoms with Gasteiger partial charge in [-0.2, -0.15) is 0 Å². The van der Waals surface area contributed by atoms with E-state index in [2.05, 4.69) is 4.74 Å². The van der Waals surface area contributed by atoms with Crippen molar-refractivity contribution in [1.82, 2.24) is 0 Å². The second-order valence-corrected chi connectivity index (χ2v) is 3.78. The first-order valence-electron chi connectivity index (χ1n) is 5.01. The average molecular weight is 220 g/mol. The number of carbonyl (C=O) groups excluding carboxylic acids is 2. The molecule has 1 fully saturated rings. The first-order valence-corrected chi connectivity index (χ1v) is 5.01. The molecule has 0 aliphatic carbocycles. The van der Waals surface area contributed by atoms with Gasteiger partial charge in [0.25, 0.3) is 0 Å². The second-order valence-electron chi connectivity index (χ2n) is 3.78. The van der Waals surface area contributed by atoms with Crippen LogP contribution in [-0.2, 0) is 14.3 Å². The molecule has 1 unspecified atom stereocenters. The van der Waals surface area contributed by atoms with Gasteiger partial charge >= 0.3 is 11.9 Å². The lowest BCUT2D eigenvalue weighted by atomic mass is 9.96. The van der Waals surface area contributed by atoms with Gasteiger partial charge in [0.1, 0.15) is 5.75 Å². The van der Waals surface area contributed by atoms with Gasteiger partial charge in [-0.05, 0) is 24.1 Å². The number of benzene rings is 1. The highest BCUT2D eigenvalue weighted by atomic mass is 16.6. The Kier molecular flexibility index (Phi) is 2.64. The van der Waals surface area contributed by atoms with Crippen molar-refractivity contribution >= 4 is 11.9 Å². The lowest BCUT2D eigenvalue weighted by Crippen LogP contribution is -2.06. The van der Waals surface area contributed by atoms with E-state index in [-0.39, 0.29) is 6.42 Å². The summed E-state index contributed by atoms with van der Waals surface area (Å²) >= 11 is 0. The molecular weight excluding hydrogens is 208 g/mol. The van der Waals surface area contributed by atoms with Crippen molar-refractivity contribution in [3.8, 4) is 5.75 Å².